The highest BCUT2D eigenvalue weighted by Gasteiger charge is 2.45. The van der Waals surface area contributed by atoms with E-state index in [0.717, 1.165) is 69.3 Å². The molecule has 32 heavy (non-hydrogen) atoms. The first-order valence-corrected chi connectivity index (χ1v) is 12.4. The maximum absolute atomic E-state index is 13.2. The Morgan fingerprint density at radius 3 is 2.72 bits per heavy atom. The second-order valence-corrected chi connectivity index (χ2v) is 9.82. The smallest absolute Gasteiger partial charge is 0.166 e. The van der Waals surface area contributed by atoms with Crippen molar-refractivity contribution < 1.29 is 19.0 Å². The van der Waals surface area contributed by atoms with Gasteiger partial charge in [-0.1, -0.05) is 30.4 Å². The molecule has 0 aromatic heterocycles. The molecule has 1 spiro atoms. The molecule has 2 aliphatic carbocycles. The number of carbonyl (C=O) groups excluding carboxylic acids is 1. The van der Waals surface area contributed by atoms with Crippen molar-refractivity contribution in [3.8, 4) is 5.75 Å². The number of hydrogen-bond donors (Lipinski definition) is 0. The molecule has 1 saturated heterocycles. The van der Waals surface area contributed by atoms with E-state index in [1.54, 1.807) is 0 Å². The molecule has 2 atom stereocenters. The zero-order chi connectivity index (χ0) is 22.6. The van der Waals surface area contributed by atoms with Gasteiger partial charge in [0.2, 0.25) is 0 Å². The van der Waals surface area contributed by atoms with Crippen LogP contribution in [0.25, 0.3) is 0 Å². The third-order valence-corrected chi connectivity index (χ3v) is 7.02. The van der Waals surface area contributed by atoms with Crippen molar-refractivity contribution in [2.24, 2.45) is 5.92 Å². The van der Waals surface area contributed by atoms with E-state index in [0.29, 0.717) is 0 Å². The van der Waals surface area contributed by atoms with Crippen molar-refractivity contribution in [1.82, 2.24) is 0 Å². The molecular formula is C28H38O4. The van der Waals surface area contributed by atoms with Crippen LogP contribution in [-0.2, 0) is 9.47 Å². The number of hydrogen-bond acceptors (Lipinski definition) is 4. The summed E-state index contributed by atoms with van der Waals surface area (Å²) < 4.78 is 18.7. The van der Waals surface area contributed by atoms with E-state index < -0.39 is 0 Å². The summed E-state index contributed by atoms with van der Waals surface area (Å²) in [6, 6.07) is 7.65. The van der Waals surface area contributed by atoms with Crippen LogP contribution >= 0.6 is 0 Å². The topological polar surface area (TPSA) is 44.8 Å². The average molecular weight is 439 g/mol. The van der Waals surface area contributed by atoms with Crippen LogP contribution < -0.4 is 4.74 Å². The largest absolute Gasteiger partial charge is 0.491 e. The highest BCUT2D eigenvalue weighted by Crippen LogP contribution is 2.45. The lowest BCUT2D eigenvalue weighted by molar-refractivity contribution is -0.175. The van der Waals surface area contributed by atoms with E-state index in [9.17, 15) is 4.79 Å². The Labute approximate surface area is 193 Å². The maximum Gasteiger partial charge on any atom is 0.166 e. The van der Waals surface area contributed by atoms with Crippen molar-refractivity contribution in [3.63, 3.8) is 0 Å². The third kappa shape index (κ3) is 5.52. The molecule has 4 rings (SSSR count). The van der Waals surface area contributed by atoms with Crippen molar-refractivity contribution in [2.45, 2.75) is 96.1 Å². The monoisotopic (exact) mass is 438 g/mol. The molecule has 0 amide bonds. The molecule has 1 aliphatic heterocycles. The molecule has 1 aromatic carbocycles. The first kappa shape index (κ1) is 23.3. The van der Waals surface area contributed by atoms with Gasteiger partial charge in [-0.2, -0.15) is 0 Å². The van der Waals surface area contributed by atoms with E-state index in [1.165, 1.54) is 5.57 Å². The van der Waals surface area contributed by atoms with Crippen LogP contribution in [-0.4, -0.2) is 36.3 Å². The quantitative estimate of drug-likeness (QED) is 0.459. The van der Waals surface area contributed by atoms with E-state index in [2.05, 4.69) is 25.2 Å². The fraction of sp³-hybridized carbons (Fsp3) is 0.607. The van der Waals surface area contributed by atoms with Crippen molar-refractivity contribution >= 4 is 5.78 Å². The summed E-state index contributed by atoms with van der Waals surface area (Å²) in [6.07, 6.45) is 14.9. The van der Waals surface area contributed by atoms with Gasteiger partial charge < -0.3 is 14.2 Å². The van der Waals surface area contributed by atoms with E-state index in [4.69, 9.17) is 14.2 Å². The van der Waals surface area contributed by atoms with Gasteiger partial charge in [0.15, 0.2) is 5.78 Å². The minimum absolute atomic E-state index is 0.0539. The lowest BCUT2D eigenvalue weighted by Crippen LogP contribution is -2.49. The Balaban J connectivity index is 1.43. The van der Waals surface area contributed by atoms with Crippen molar-refractivity contribution in [3.05, 3.63) is 53.6 Å². The summed E-state index contributed by atoms with van der Waals surface area (Å²) in [5, 5.41) is 0. The molecule has 4 heteroatoms. The highest BCUT2D eigenvalue weighted by molar-refractivity contribution is 5.98. The number of ether oxygens (including phenoxy) is 3. The fourth-order valence-corrected chi connectivity index (χ4v) is 5.53. The molecule has 174 valence electrons. The molecule has 0 N–H and O–H groups in total. The summed E-state index contributed by atoms with van der Waals surface area (Å²) in [5.41, 5.74) is 1.89. The Morgan fingerprint density at radius 1 is 1.22 bits per heavy atom. The Morgan fingerprint density at radius 2 is 2.03 bits per heavy atom. The molecule has 0 radical (unpaired) electrons. The maximum atomic E-state index is 13.2. The van der Waals surface area contributed by atoms with Crippen molar-refractivity contribution in [1.29, 1.82) is 0 Å². The highest BCUT2D eigenvalue weighted by atomic mass is 16.5. The summed E-state index contributed by atoms with van der Waals surface area (Å²) in [7, 11) is 0. The molecule has 4 nitrogen and oxygen atoms in total. The van der Waals surface area contributed by atoms with Gasteiger partial charge in [-0.05, 0) is 77.0 Å². The summed E-state index contributed by atoms with van der Waals surface area (Å²) in [6.45, 7) is 6.81. The second-order valence-electron chi connectivity index (χ2n) is 9.82. The molecule has 1 aromatic rings. The van der Waals surface area contributed by atoms with Gasteiger partial charge in [-0.15, -0.1) is 0 Å². The first-order valence-electron chi connectivity index (χ1n) is 12.4. The predicted molar refractivity (Wildman–Crippen MR) is 127 cm³/mol. The minimum Gasteiger partial charge on any atom is -0.491 e. The molecular weight excluding hydrogens is 400 g/mol. The number of ketones is 1. The molecule has 2 unspecified atom stereocenters. The Hall–Kier alpha value is -1.91. The number of Topliss-reactive ketones (excluding diaryl/α,β-unsaturated/α-hetero) is 1. The van der Waals surface area contributed by atoms with Crippen LogP contribution in [0.15, 0.2) is 48.1 Å². The predicted octanol–water partition coefficient (Wildman–Crippen LogP) is 6.45. The summed E-state index contributed by atoms with van der Waals surface area (Å²) in [5.74, 6) is 1.06. The lowest BCUT2D eigenvalue weighted by atomic mass is 9.71. The SMILES string of the molecule is CCOC1CC(C2=CCCC=C2)OC2(CCC(C(=O)c3cccc(OC(C)C)c3)CC2)C1. The minimum atomic E-state index is -0.172. The van der Waals surface area contributed by atoms with Crippen molar-refractivity contribution in [2.75, 3.05) is 6.61 Å². The lowest BCUT2D eigenvalue weighted by Gasteiger charge is -2.48. The van der Waals surface area contributed by atoms with Gasteiger partial charge in [0.25, 0.3) is 0 Å². The number of benzene rings is 1. The zero-order valence-corrected chi connectivity index (χ0v) is 19.8. The number of carbonyl (C=O) groups is 1. The van der Waals surface area contributed by atoms with Crippen LogP contribution in [0.5, 0.6) is 5.75 Å². The summed E-state index contributed by atoms with van der Waals surface area (Å²) in [4.78, 5) is 13.2. The van der Waals surface area contributed by atoms with Crippen LogP contribution in [0.4, 0.5) is 0 Å². The van der Waals surface area contributed by atoms with Crippen LogP contribution in [0.1, 0.15) is 82.5 Å². The van der Waals surface area contributed by atoms with Gasteiger partial charge in [-0.25, -0.2) is 0 Å². The number of allylic oxidation sites excluding steroid dienone is 2. The van der Waals surface area contributed by atoms with Crippen LogP contribution in [0.3, 0.4) is 0 Å². The van der Waals surface area contributed by atoms with Gasteiger partial charge in [-0.3, -0.25) is 4.79 Å². The summed E-state index contributed by atoms with van der Waals surface area (Å²) >= 11 is 0. The van der Waals surface area contributed by atoms with Gasteiger partial charge in [0.05, 0.1) is 23.9 Å². The third-order valence-electron chi connectivity index (χ3n) is 7.02. The van der Waals surface area contributed by atoms with E-state index >= 15 is 0 Å². The molecule has 2 fully saturated rings. The molecule has 1 saturated carbocycles. The number of rotatable bonds is 7. The van der Waals surface area contributed by atoms with Crippen LogP contribution in [0, 0.1) is 5.92 Å². The van der Waals surface area contributed by atoms with Gasteiger partial charge in [0.1, 0.15) is 5.75 Å². The first-order chi connectivity index (χ1) is 15.5. The molecule has 1 heterocycles. The average Bonchev–Trinajstić information content (AvgIpc) is 2.79. The molecule has 3 aliphatic rings. The van der Waals surface area contributed by atoms with Crippen LogP contribution in [0.2, 0.25) is 0 Å². The second kappa shape index (κ2) is 10.4. The normalized spacial score (nSPS) is 30.4. The van der Waals surface area contributed by atoms with E-state index in [1.807, 2.05) is 38.1 Å². The Bertz CT molecular complexity index is 845. The molecule has 0 bridgehead atoms. The Kier molecular flexibility index (Phi) is 7.52. The fourth-order valence-electron chi connectivity index (χ4n) is 5.53. The van der Waals surface area contributed by atoms with Gasteiger partial charge >= 0.3 is 0 Å². The van der Waals surface area contributed by atoms with Gasteiger partial charge in [0, 0.05) is 30.9 Å². The zero-order valence-electron chi connectivity index (χ0n) is 19.8. The van der Waals surface area contributed by atoms with E-state index in [-0.39, 0.29) is 35.6 Å². The standard InChI is InChI=1S/C28H38O4/c1-4-30-25-18-26(21-9-6-5-7-10-21)32-28(19-25)15-13-22(14-16-28)27(29)23-11-8-12-24(17-23)31-20(2)3/h6,8-12,17,20,22,25-26H,4-5,7,13-16,18-19H2,1-3H3.